The second-order valence-corrected chi connectivity index (χ2v) is 5.64. The third kappa shape index (κ3) is 5.57. The molecule has 0 saturated heterocycles. The number of ether oxygens (including phenoxy) is 3. The fourth-order valence-corrected chi connectivity index (χ4v) is 2.19. The van der Waals surface area contributed by atoms with Crippen molar-refractivity contribution in [2.24, 2.45) is 0 Å². The molecule has 0 atom stereocenters. The zero-order valence-electron chi connectivity index (χ0n) is 15.0. The van der Waals surface area contributed by atoms with Crippen molar-refractivity contribution in [3.63, 3.8) is 0 Å². The molecule has 1 heterocycles. The second-order valence-electron chi connectivity index (χ2n) is 5.64. The summed E-state index contributed by atoms with van der Waals surface area (Å²) in [6.07, 6.45) is 0.941. The molecule has 0 fully saturated rings. The lowest BCUT2D eigenvalue weighted by molar-refractivity contribution is -0.148. The smallest absolute Gasteiger partial charge is 0.344 e. The zero-order chi connectivity index (χ0) is 18.9. The Morgan fingerprint density at radius 1 is 0.963 bits per heavy atom. The number of carbonyl (C=O) groups is 1. The normalized spacial score (nSPS) is 10.4. The number of hydrogen-bond donors (Lipinski definition) is 0. The van der Waals surface area contributed by atoms with Crippen LogP contribution in [0.15, 0.2) is 59.0 Å². The lowest BCUT2D eigenvalue weighted by Crippen LogP contribution is -2.14. The summed E-state index contributed by atoms with van der Waals surface area (Å²) in [5.74, 6) is 1.39. The number of carbonyl (C=O) groups excluding carboxylic acids is 1. The van der Waals surface area contributed by atoms with Crippen LogP contribution >= 0.6 is 0 Å². The molecular formula is C20H20N2O5. The van der Waals surface area contributed by atoms with Gasteiger partial charge in [0.15, 0.2) is 13.2 Å². The van der Waals surface area contributed by atoms with Gasteiger partial charge in [-0.2, -0.15) is 0 Å². The van der Waals surface area contributed by atoms with Crippen LogP contribution in [0.3, 0.4) is 0 Å². The van der Waals surface area contributed by atoms with E-state index in [4.69, 9.17) is 18.6 Å². The molecule has 2 aromatic carbocycles. The van der Waals surface area contributed by atoms with Gasteiger partial charge in [0.2, 0.25) is 5.89 Å². The maximum atomic E-state index is 11.8. The minimum atomic E-state index is -0.527. The molecule has 1 aromatic heterocycles. The van der Waals surface area contributed by atoms with Crippen molar-refractivity contribution in [3.8, 4) is 23.0 Å². The Hall–Kier alpha value is -3.35. The van der Waals surface area contributed by atoms with Crippen LogP contribution in [0.25, 0.3) is 11.5 Å². The number of aromatic nitrogens is 2. The van der Waals surface area contributed by atoms with Gasteiger partial charge in [0.05, 0.1) is 6.61 Å². The predicted octanol–water partition coefficient (Wildman–Crippen LogP) is 3.65. The summed E-state index contributed by atoms with van der Waals surface area (Å²) < 4.78 is 21.4. The Kier molecular flexibility index (Phi) is 6.40. The molecule has 3 aromatic rings. The largest absolute Gasteiger partial charge is 0.494 e. The molecule has 7 heteroatoms. The van der Waals surface area contributed by atoms with E-state index in [-0.39, 0.29) is 19.1 Å². The molecule has 0 bridgehead atoms. The average Bonchev–Trinajstić information content (AvgIpc) is 3.20. The van der Waals surface area contributed by atoms with Crippen LogP contribution in [-0.2, 0) is 16.1 Å². The van der Waals surface area contributed by atoms with Crippen molar-refractivity contribution in [1.29, 1.82) is 0 Å². The topological polar surface area (TPSA) is 83.7 Å². The minimum Gasteiger partial charge on any atom is -0.494 e. The predicted molar refractivity (Wildman–Crippen MR) is 97.3 cm³/mol. The average molecular weight is 368 g/mol. The number of esters is 1. The van der Waals surface area contributed by atoms with Gasteiger partial charge in [-0.15, -0.1) is 10.2 Å². The minimum absolute atomic E-state index is 0.105. The van der Waals surface area contributed by atoms with Gasteiger partial charge < -0.3 is 18.6 Å². The molecule has 0 saturated carbocycles. The van der Waals surface area contributed by atoms with Crippen molar-refractivity contribution in [3.05, 3.63) is 60.5 Å². The first-order valence-corrected chi connectivity index (χ1v) is 8.63. The third-order valence-electron chi connectivity index (χ3n) is 3.50. The molecule has 27 heavy (non-hydrogen) atoms. The van der Waals surface area contributed by atoms with Crippen LogP contribution in [0.4, 0.5) is 0 Å². The molecule has 0 aliphatic heterocycles. The maximum Gasteiger partial charge on any atom is 0.344 e. The summed E-state index contributed by atoms with van der Waals surface area (Å²) >= 11 is 0. The highest BCUT2D eigenvalue weighted by Gasteiger charge is 2.11. The Morgan fingerprint density at radius 2 is 1.67 bits per heavy atom. The van der Waals surface area contributed by atoms with E-state index in [0.717, 1.165) is 17.7 Å². The van der Waals surface area contributed by atoms with E-state index in [1.54, 1.807) is 24.3 Å². The summed E-state index contributed by atoms with van der Waals surface area (Å²) in [6.45, 7) is 2.38. The molecule has 0 spiro atoms. The monoisotopic (exact) mass is 368 g/mol. The summed E-state index contributed by atoms with van der Waals surface area (Å²) in [4.78, 5) is 11.8. The standard InChI is InChI=1S/C20H20N2O5/c1-2-12-24-16-8-10-17(11-9-16)25-14-19(23)26-13-18-21-22-20(27-18)15-6-4-3-5-7-15/h3-11H,2,12-14H2,1H3. The molecule has 0 aliphatic carbocycles. The molecule has 3 rings (SSSR count). The fourth-order valence-electron chi connectivity index (χ4n) is 2.19. The summed E-state index contributed by atoms with van der Waals surface area (Å²) in [5, 5.41) is 7.80. The summed E-state index contributed by atoms with van der Waals surface area (Å²) in [6, 6.07) is 16.4. The van der Waals surface area contributed by atoms with Crippen LogP contribution in [-0.4, -0.2) is 29.4 Å². The molecule has 0 aliphatic rings. The SMILES string of the molecule is CCCOc1ccc(OCC(=O)OCc2nnc(-c3ccccc3)o2)cc1. The Morgan fingerprint density at radius 3 is 2.37 bits per heavy atom. The van der Waals surface area contributed by atoms with Crippen molar-refractivity contribution in [2.75, 3.05) is 13.2 Å². The van der Waals surface area contributed by atoms with Crippen LogP contribution in [0.2, 0.25) is 0 Å². The lowest BCUT2D eigenvalue weighted by Gasteiger charge is -2.07. The lowest BCUT2D eigenvalue weighted by atomic mass is 10.2. The third-order valence-corrected chi connectivity index (χ3v) is 3.50. The number of nitrogens with zero attached hydrogens (tertiary/aromatic N) is 2. The van der Waals surface area contributed by atoms with E-state index in [0.29, 0.717) is 18.2 Å². The van der Waals surface area contributed by atoms with Gasteiger partial charge in [0, 0.05) is 5.56 Å². The molecular weight excluding hydrogens is 348 g/mol. The number of rotatable bonds is 9. The fraction of sp³-hybridized carbons (Fsp3) is 0.250. The molecule has 0 unspecified atom stereocenters. The van der Waals surface area contributed by atoms with Gasteiger partial charge >= 0.3 is 5.97 Å². The second kappa shape index (κ2) is 9.38. The molecule has 7 nitrogen and oxygen atoms in total. The molecule has 0 radical (unpaired) electrons. The van der Waals surface area contributed by atoms with E-state index in [9.17, 15) is 4.79 Å². The van der Waals surface area contributed by atoms with Crippen LogP contribution in [0.5, 0.6) is 11.5 Å². The number of benzene rings is 2. The summed E-state index contributed by atoms with van der Waals surface area (Å²) in [5.41, 5.74) is 0.803. The highest BCUT2D eigenvalue weighted by atomic mass is 16.6. The van der Waals surface area contributed by atoms with E-state index in [1.807, 2.05) is 37.3 Å². The van der Waals surface area contributed by atoms with E-state index in [2.05, 4.69) is 10.2 Å². The van der Waals surface area contributed by atoms with Gasteiger partial charge in [-0.05, 0) is 42.8 Å². The van der Waals surface area contributed by atoms with Crippen molar-refractivity contribution >= 4 is 5.97 Å². The number of hydrogen-bond acceptors (Lipinski definition) is 7. The first-order valence-electron chi connectivity index (χ1n) is 8.63. The quantitative estimate of drug-likeness (QED) is 0.533. The molecule has 0 N–H and O–H groups in total. The van der Waals surface area contributed by atoms with Gasteiger partial charge in [0.25, 0.3) is 5.89 Å². The zero-order valence-corrected chi connectivity index (χ0v) is 15.0. The maximum absolute atomic E-state index is 11.8. The van der Waals surface area contributed by atoms with Gasteiger partial charge in [-0.3, -0.25) is 0 Å². The van der Waals surface area contributed by atoms with E-state index < -0.39 is 5.97 Å². The van der Waals surface area contributed by atoms with Gasteiger partial charge in [-0.25, -0.2) is 4.79 Å². The van der Waals surface area contributed by atoms with Crippen molar-refractivity contribution in [1.82, 2.24) is 10.2 Å². The molecule has 0 amide bonds. The molecule has 140 valence electrons. The first-order chi connectivity index (χ1) is 13.2. The first kappa shape index (κ1) is 18.4. The van der Waals surface area contributed by atoms with E-state index >= 15 is 0 Å². The Balaban J connectivity index is 1.43. The van der Waals surface area contributed by atoms with Crippen LogP contribution in [0, 0.1) is 0 Å². The van der Waals surface area contributed by atoms with Crippen LogP contribution in [0.1, 0.15) is 19.2 Å². The highest BCUT2D eigenvalue weighted by molar-refractivity contribution is 5.71. The van der Waals surface area contributed by atoms with Crippen LogP contribution < -0.4 is 9.47 Å². The Bertz CT molecular complexity index is 846. The van der Waals surface area contributed by atoms with Crippen molar-refractivity contribution < 1.29 is 23.4 Å². The van der Waals surface area contributed by atoms with Gasteiger partial charge in [-0.1, -0.05) is 25.1 Å². The Labute approximate surface area is 156 Å². The van der Waals surface area contributed by atoms with E-state index in [1.165, 1.54) is 0 Å². The van der Waals surface area contributed by atoms with Gasteiger partial charge in [0.1, 0.15) is 11.5 Å². The summed E-state index contributed by atoms with van der Waals surface area (Å²) in [7, 11) is 0. The van der Waals surface area contributed by atoms with Crippen molar-refractivity contribution in [2.45, 2.75) is 20.0 Å². The highest BCUT2D eigenvalue weighted by Crippen LogP contribution is 2.18.